The summed E-state index contributed by atoms with van der Waals surface area (Å²) in [6.45, 7) is 8.13. The molecule has 1 aromatic carbocycles. The van der Waals surface area contributed by atoms with Crippen LogP contribution in [0.25, 0.3) is 0 Å². The highest BCUT2D eigenvalue weighted by Crippen LogP contribution is 2.17. The summed E-state index contributed by atoms with van der Waals surface area (Å²) in [5.74, 6) is 0.836. The molecule has 0 aliphatic carbocycles. The predicted molar refractivity (Wildman–Crippen MR) is 83.9 cm³/mol. The summed E-state index contributed by atoms with van der Waals surface area (Å²) >= 11 is 0. The minimum absolute atomic E-state index is 0.836. The van der Waals surface area contributed by atoms with Gasteiger partial charge in [0.25, 0.3) is 0 Å². The Kier molecular flexibility index (Phi) is 5.06. The van der Waals surface area contributed by atoms with Crippen molar-refractivity contribution in [3.63, 3.8) is 0 Å². The summed E-state index contributed by atoms with van der Waals surface area (Å²) in [6, 6.07) is 9.33. The van der Waals surface area contributed by atoms with Gasteiger partial charge in [-0.05, 0) is 49.4 Å². The Balaban J connectivity index is 1.51. The lowest BCUT2D eigenvalue weighted by atomic mass is 9.92. The molecular weight excluding hydrogens is 246 g/mol. The van der Waals surface area contributed by atoms with E-state index in [1.165, 1.54) is 56.6 Å². The van der Waals surface area contributed by atoms with Gasteiger partial charge >= 0.3 is 0 Å². The second kappa shape index (κ2) is 7.21. The monoisotopic (exact) mass is 273 g/mol. The van der Waals surface area contributed by atoms with Gasteiger partial charge in [-0.2, -0.15) is 0 Å². The van der Waals surface area contributed by atoms with Crippen molar-refractivity contribution in [2.45, 2.75) is 25.8 Å². The van der Waals surface area contributed by atoms with Gasteiger partial charge in [-0.3, -0.25) is 4.90 Å². The Morgan fingerprint density at radius 2 is 1.70 bits per heavy atom. The Bertz CT molecular complexity index is 350. The summed E-state index contributed by atoms with van der Waals surface area (Å²) in [6.07, 6.45) is 3.96. The summed E-state index contributed by atoms with van der Waals surface area (Å²) in [4.78, 5) is 2.54. The van der Waals surface area contributed by atoms with Crippen molar-refractivity contribution in [2.24, 2.45) is 5.92 Å². The largest absolute Gasteiger partial charge is 0.316 e. The number of hydrogen-bond acceptors (Lipinski definition) is 3. The molecule has 2 aliphatic rings. The molecule has 1 unspecified atom stereocenters. The van der Waals surface area contributed by atoms with Crippen LogP contribution in [0.15, 0.2) is 24.3 Å². The highest BCUT2D eigenvalue weighted by atomic mass is 15.2. The van der Waals surface area contributed by atoms with Gasteiger partial charge in [-0.25, -0.2) is 0 Å². The summed E-state index contributed by atoms with van der Waals surface area (Å²) in [7, 11) is 0. The highest BCUT2D eigenvalue weighted by molar-refractivity contribution is 5.23. The molecule has 0 aromatic heterocycles. The Labute approximate surface area is 122 Å². The third-order valence-electron chi connectivity index (χ3n) is 4.56. The molecule has 3 nitrogen and oxygen atoms in total. The lowest BCUT2D eigenvalue weighted by molar-refractivity contribution is 0.233. The van der Waals surface area contributed by atoms with Gasteiger partial charge in [0.2, 0.25) is 0 Å². The molecule has 2 fully saturated rings. The van der Waals surface area contributed by atoms with Crippen molar-refractivity contribution in [1.29, 1.82) is 0 Å². The van der Waals surface area contributed by atoms with Crippen LogP contribution >= 0.6 is 0 Å². The van der Waals surface area contributed by atoms with Gasteiger partial charge in [0, 0.05) is 32.7 Å². The molecule has 0 saturated carbocycles. The molecule has 2 saturated heterocycles. The van der Waals surface area contributed by atoms with E-state index >= 15 is 0 Å². The number of hydrogen-bond donors (Lipinski definition) is 2. The molecule has 0 radical (unpaired) electrons. The minimum atomic E-state index is 0.836. The van der Waals surface area contributed by atoms with E-state index in [2.05, 4.69) is 39.8 Å². The SMILES string of the molecule is c1cc(CN2CCNCC2)ccc1CC1CCCNC1. The van der Waals surface area contributed by atoms with Gasteiger partial charge < -0.3 is 10.6 Å². The molecule has 2 N–H and O–H groups in total. The number of piperidine rings is 1. The fourth-order valence-corrected chi connectivity index (χ4v) is 3.34. The van der Waals surface area contributed by atoms with Crippen LogP contribution in [0.1, 0.15) is 24.0 Å². The quantitative estimate of drug-likeness (QED) is 0.873. The van der Waals surface area contributed by atoms with Crippen LogP contribution in [0, 0.1) is 5.92 Å². The smallest absolute Gasteiger partial charge is 0.0234 e. The van der Waals surface area contributed by atoms with Crippen molar-refractivity contribution in [3.8, 4) is 0 Å². The number of piperazine rings is 1. The number of nitrogens with zero attached hydrogens (tertiary/aromatic N) is 1. The van der Waals surface area contributed by atoms with Crippen LogP contribution in [-0.4, -0.2) is 44.2 Å². The second-order valence-corrected chi connectivity index (χ2v) is 6.26. The molecule has 110 valence electrons. The van der Waals surface area contributed by atoms with Gasteiger partial charge in [-0.15, -0.1) is 0 Å². The maximum atomic E-state index is 3.51. The summed E-state index contributed by atoms with van der Waals surface area (Å²) in [5.41, 5.74) is 2.96. The first-order valence-electron chi connectivity index (χ1n) is 8.12. The Morgan fingerprint density at radius 3 is 2.40 bits per heavy atom. The van der Waals surface area contributed by atoms with E-state index in [0.717, 1.165) is 25.6 Å². The van der Waals surface area contributed by atoms with Crippen molar-refractivity contribution in [2.75, 3.05) is 39.3 Å². The molecule has 0 spiro atoms. The average molecular weight is 273 g/mol. The van der Waals surface area contributed by atoms with Crippen molar-refractivity contribution < 1.29 is 0 Å². The average Bonchev–Trinajstić information content (AvgIpc) is 2.51. The topological polar surface area (TPSA) is 27.3 Å². The van der Waals surface area contributed by atoms with E-state index in [0.29, 0.717) is 0 Å². The number of nitrogens with one attached hydrogen (secondary N) is 2. The van der Waals surface area contributed by atoms with Crippen LogP contribution in [0.2, 0.25) is 0 Å². The summed E-state index contributed by atoms with van der Waals surface area (Å²) < 4.78 is 0. The molecule has 0 bridgehead atoms. The molecule has 1 aromatic rings. The maximum Gasteiger partial charge on any atom is 0.0234 e. The van der Waals surface area contributed by atoms with E-state index in [1.54, 1.807) is 0 Å². The zero-order valence-corrected chi connectivity index (χ0v) is 12.4. The zero-order chi connectivity index (χ0) is 13.6. The fraction of sp³-hybridized carbons (Fsp3) is 0.647. The predicted octanol–water partition coefficient (Wildman–Crippen LogP) is 1.63. The van der Waals surface area contributed by atoms with Gasteiger partial charge in [0.15, 0.2) is 0 Å². The molecule has 3 heteroatoms. The van der Waals surface area contributed by atoms with E-state index in [4.69, 9.17) is 0 Å². The zero-order valence-electron chi connectivity index (χ0n) is 12.4. The molecule has 2 heterocycles. The van der Waals surface area contributed by atoms with Gasteiger partial charge in [0.05, 0.1) is 0 Å². The summed E-state index contributed by atoms with van der Waals surface area (Å²) in [5, 5.41) is 6.92. The number of benzene rings is 1. The highest BCUT2D eigenvalue weighted by Gasteiger charge is 2.14. The van der Waals surface area contributed by atoms with Crippen molar-refractivity contribution in [3.05, 3.63) is 35.4 Å². The van der Waals surface area contributed by atoms with Crippen LogP contribution in [0.4, 0.5) is 0 Å². The third kappa shape index (κ3) is 4.05. The lowest BCUT2D eigenvalue weighted by Gasteiger charge is -2.27. The van der Waals surface area contributed by atoms with E-state index in [9.17, 15) is 0 Å². The van der Waals surface area contributed by atoms with Crippen LogP contribution < -0.4 is 10.6 Å². The lowest BCUT2D eigenvalue weighted by Crippen LogP contribution is -2.42. The molecule has 0 amide bonds. The Hall–Kier alpha value is -0.900. The molecule has 2 aliphatic heterocycles. The van der Waals surface area contributed by atoms with Crippen molar-refractivity contribution in [1.82, 2.24) is 15.5 Å². The molecule has 20 heavy (non-hydrogen) atoms. The molecular formula is C17H27N3. The van der Waals surface area contributed by atoms with Crippen LogP contribution in [0.5, 0.6) is 0 Å². The van der Waals surface area contributed by atoms with Crippen LogP contribution in [-0.2, 0) is 13.0 Å². The van der Waals surface area contributed by atoms with Crippen molar-refractivity contribution >= 4 is 0 Å². The third-order valence-corrected chi connectivity index (χ3v) is 4.56. The standard InChI is InChI=1S/C17H27N3/c1-2-17(13-19-7-1)12-15-3-5-16(6-4-15)14-20-10-8-18-9-11-20/h3-6,17-19H,1-2,7-14H2. The first kappa shape index (κ1) is 14.1. The Morgan fingerprint density at radius 1 is 0.950 bits per heavy atom. The van der Waals surface area contributed by atoms with Gasteiger partial charge in [-0.1, -0.05) is 24.3 Å². The molecule has 3 rings (SSSR count). The second-order valence-electron chi connectivity index (χ2n) is 6.26. The molecule has 1 atom stereocenters. The van der Waals surface area contributed by atoms with Gasteiger partial charge in [0.1, 0.15) is 0 Å². The maximum absolute atomic E-state index is 3.51. The number of rotatable bonds is 4. The first-order valence-corrected chi connectivity index (χ1v) is 8.12. The van der Waals surface area contributed by atoms with Crippen LogP contribution in [0.3, 0.4) is 0 Å². The normalized spacial score (nSPS) is 24.7. The fourth-order valence-electron chi connectivity index (χ4n) is 3.34. The van der Waals surface area contributed by atoms with E-state index in [-0.39, 0.29) is 0 Å². The van der Waals surface area contributed by atoms with E-state index in [1.807, 2.05) is 0 Å². The van der Waals surface area contributed by atoms with E-state index < -0.39 is 0 Å². The minimum Gasteiger partial charge on any atom is -0.316 e. The first-order chi connectivity index (χ1) is 9.90.